The molecule has 3 aromatic carbocycles. The molecule has 0 atom stereocenters. The highest BCUT2D eigenvalue weighted by Crippen LogP contribution is 2.45. The van der Waals surface area contributed by atoms with Crippen LogP contribution >= 0.6 is 11.8 Å². The number of nitrogens with zero attached hydrogens (tertiary/aromatic N) is 2. The van der Waals surface area contributed by atoms with E-state index in [1.54, 1.807) is 7.11 Å². The smallest absolute Gasteiger partial charge is 0.255 e. The number of carbonyl (C=O) groups excluding carboxylic acids is 2. The lowest BCUT2D eigenvalue weighted by Gasteiger charge is -2.44. The van der Waals surface area contributed by atoms with Crippen LogP contribution in [0.15, 0.2) is 84.9 Å². The zero-order chi connectivity index (χ0) is 24.3. The third-order valence-electron chi connectivity index (χ3n) is 7.11. The van der Waals surface area contributed by atoms with Gasteiger partial charge in [-0.3, -0.25) is 9.59 Å². The zero-order valence-electron chi connectivity index (χ0n) is 19.9. The normalized spacial score (nSPS) is 17.1. The Balaban J connectivity index is 1.34. The van der Waals surface area contributed by atoms with Gasteiger partial charge in [-0.15, -0.1) is 11.8 Å². The van der Waals surface area contributed by atoms with Crippen molar-refractivity contribution in [1.82, 2.24) is 9.80 Å². The number of rotatable bonds is 5. The van der Waals surface area contributed by atoms with Gasteiger partial charge in [-0.25, -0.2) is 0 Å². The van der Waals surface area contributed by atoms with Gasteiger partial charge in [0.2, 0.25) is 5.91 Å². The molecule has 0 bridgehead atoms. The third-order valence-corrected chi connectivity index (χ3v) is 8.66. The van der Waals surface area contributed by atoms with Crippen molar-refractivity contribution < 1.29 is 14.3 Å². The van der Waals surface area contributed by atoms with Crippen LogP contribution in [0.3, 0.4) is 0 Å². The van der Waals surface area contributed by atoms with Gasteiger partial charge in [-0.1, -0.05) is 66.7 Å². The highest BCUT2D eigenvalue weighted by molar-refractivity contribution is 8.00. The van der Waals surface area contributed by atoms with Crippen molar-refractivity contribution in [2.24, 2.45) is 0 Å². The second-order valence-electron chi connectivity index (χ2n) is 9.06. The Hall–Kier alpha value is -3.25. The molecule has 180 valence electrons. The molecular weight excluding hydrogens is 456 g/mol. The molecule has 3 aromatic rings. The summed E-state index contributed by atoms with van der Waals surface area (Å²) in [5, 5.41) is 0. The van der Waals surface area contributed by atoms with Crippen LogP contribution in [-0.2, 0) is 4.79 Å². The fraction of sp³-hybridized carbons (Fsp3) is 0.310. The Morgan fingerprint density at radius 3 is 2.09 bits per heavy atom. The number of ether oxygens (including phenoxy) is 1. The summed E-state index contributed by atoms with van der Waals surface area (Å²) in [7, 11) is 1.61. The van der Waals surface area contributed by atoms with Crippen LogP contribution in [0, 0.1) is 0 Å². The first-order valence-corrected chi connectivity index (χ1v) is 13.1. The molecule has 0 saturated carbocycles. The summed E-state index contributed by atoms with van der Waals surface area (Å²) in [5.41, 5.74) is 2.67. The van der Waals surface area contributed by atoms with Crippen LogP contribution in [-0.4, -0.2) is 59.0 Å². The highest BCUT2D eigenvalue weighted by Gasteiger charge is 2.47. The van der Waals surface area contributed by atoms with Gasteiger partial charge in [0.15, 0.2) is 0 Å². The van der Waals surface area contributed by atoms with Gasteiger partial charge in [0, 0.05) is 31.0 Å². The molecule has 2 aliphatic rings. The molecule has 2 amide bonds. The molecule has 1 spiro atoms. The van der Waals surface area contributed by atoms with Gasteiger partial charge in [0.05, 0.1) is 17.9 Å². The number of hydrogen-bond acceptors (Lipinski definition) is 4. The summed E-state index contributed by atoms with van der Waals surface area (Å²) >= 11 is 1.86. The molecule has 0 N–H and O–H groups in total. The molecule has 0 aliphatic carbocycles. The van der Waals surface area contributed by atoms with Crippen LogP contribution in [0.4, 0.5) is 0 Å². The van der Waals surface area contributed by atoms with Crippen molar-refractivity contribution in [3.05, 3.63) is 102 Å². The molecule has 2 aliphatic heterocycles. The van der Waals surface area contributed by atoms with E-state index < -0.39 is 0 Å². The lowest BCUT2D eigenvalue weighted by atomic mass is 9.89. The fourth-order valence-corrected chi connectivity index (χ4v) is 6.70. The predicted octanol–water partition coefficient (Wildman–Crippen LogP) is 5.04. The van der Waals surface area contributed by atoms with E-state index in [0.29, 0.717) is 24.4 Å². The topological polar surface area (TPSA) is 49.9 Å². The van der Waals surface area contributed by atoms with E-state index in [1.165, 1.54) is 0 Å². The average Bonchev–Trinajstić information content (AvgIpc) is 3.32. The Morgan fingerprint density at radius 2 is 1.49 bits per heavy atom. The van der Waals surface area contributed by atoms with Gasteiger partial charge in [0.25, 0.3) is 5.91 Å². The molecule has 5 rings (SSSR count). The number of hydrogen-bond donors (Lipinski definition) is 0. The standard InChI is InChI=1S/C29H30N2O3S/c1-34-25-14-8-13-24(21-25)27(32)31-19-20-35-29(31)15-17-30(18-16-29)28(33)26(22-9-4-2-5-10-22)23-11-6-3-7-12-23/h2-14,21,26H,15-20H2,1H3. The van der Waals surface area contributed by atoms with Gasteiger partial charge in [-0.05, 0) is 42.2 Å². The van der Waals surface area contributed by atoms with Gasteiger partial charge >= 0.3 is 0 Å². The lowest BCUT2D eigenvalue weighted by molar-refractivity contribution is -0.133. The molecule has 2 heterocycles. The van der Waals surface area contributed by atoms with Crippen molar-refractivity contribution in [3.63, 3.8) is 0 Å². The highest BCUT2D eigenvalue weighted by atomic mass is 32.2. The molecule has 2 fully saturated rings. The largest absolute Gasteiger partial charge is 0.497 e. The monoisotopic (exact) mass is 486 g/mol. The first-order chi connectivity index (χ1) is 17.1. The Labute approximate surface area is 211 Å². The summed E-state index contributed by atoms with van der Waals surface area (Å²) in [5.74, 6) is 1.45. The molecule has 0 aromatic heterocycles. The number of thioether (sulfide) groups is 1. The number of likely N-dealkylation sites (tertiary alicyclic amines) is 1. The molecule has 5 nitrogen and oxygen atoms in total. The van der Waals surface area contributed by atoms with E-state index in [0.717, 1.165) is 36.3 Å². The van der Waals surface area contributed by atoms with Crippen molar-refractivity contribution in [3.8, 4) is 5.75 Å². The maximum atomic E-state index is 13.8. The summed E-state index contributed by atoms with van der Waals surface area (Å²) < 4.78 is 5.32. The summed E-state index contributed by atoms with van der Waals surface area (Å²) in [6, 6.07) is 27.4. The average molecular weight is 487 g/mol. The van der Waals surface area contributed by atoms with Gasteiger partial charge < -0.3 is 14.5 Å². The van der Waals surface area contributed by atoms with E-state index in [4.69, 9.17) is 4.74 Å². The van der Waals surface area contributed by atoms with Gasteiger partial charge in [0.1, 0.15) is 5.75 Å². The predicted molar refractivity (Wildman–Crippen MR) is 140 cm³/mol. The summed E-state index contributed by atoms with van der Waals surface area (Å²) in [6.07, 6.45) is 1.55. The van der Waals surface area contributed by atoms with Crippen LogP contribution in [0.5, 0.6) is 5.75 Å². The second kappa shape index (κ2) is 10.2. The number of benzene rings is 3. The fourth-order valence-electron chi connectivity index (χ4n) is 5.25. The maximum absolute atomic E-state index is 13.8. The van der Waals surface area contributed by atoms with Crippen LogP contribution < -0.4 is 4.74 Å². The minimum atomic E-state index is -0.322. The van der Waals surface area contributed by atoms with Crippen molar-refractivity contribution in [2.45, 2.75) is 23.6 Å². The number of methoxy groups -OCH3 is 1. The van der Waals surface area contributed by atoms with Crippen molar-refractivity contribution in [2.75, 3.05) is 32.5 Å². The summed E-state index contributed by atoms with van der Waals surface area (Å²) in [4.78, 5) is 31.1. The third kappa shape index (κ3) is 4.67. The number of piperidine rings is 1. The van der Waals surface area contributed by atoms with E-state index in [9.17, 15) is 9.59 Å². The Kier molecular flexibility index (Phi) is 6.82. The first kappa shape index (κ1) is 23.5. The Bertz CT molecular complexity index is 1140. The molecule has 2 saturated heterocycles. The molecule has 6 heteroatoms. The first-order valence-electron chi connectivity index (χ1n) is 12.1. The van der Waals surface area contributed by atoms with Crippen molar-refractivity contribution >= 4 is 23.6 Å². The number of amides is 2. The van der Waals surface area contributed by atoms with Crippen LogP contribution in [0.2, 0.25) is 0 Å². The molecule has 0 unspecified atom stereocenters. The molecular formula is C29H30N2O3S. The zero-order valence-corrected chi connectivity index (χ0v) is 20.7. The maximum Gasteiger partial charge on any atom is 0.255 e. The molecule has 35 heavy (non-hydrogen) atoms. The van der Waals surface area contributed by atoms with Gasteiger partial charge in [-0.2, -0.15) is 0 Å². The van der Waals surface area contributed by atoms with Crippen LogP contribution in [0.25, 0.3) is 0 Å². The van der Waals surface area contributed by atoms with E-state index in [-0.39, 0.29) is 22.6 Å². The minimum absolute atomic E-state index is 0.0418. The second-order valence-corrected chi connectivity index (χ2v) is 10.5. The lowest BCUT2D eigenvalue weighted by Crippen LogP contribution is -2.54. The van der Waals surface area contributed by atoms with Crippen molar-refractivity contribution in [1.29, 1.82) is 0 Å². The van der Waals surface area contributed by atoms with E-state index in [1.807, 2.05) is 106 Å². The van der Waals surface area contributed by atoms with Crippen LogP contribution in [0.1, 0.15) is 40.2 Å². The number of carbonyl (C=O) groups is 2. The minimum Gasteiger partial charge on any atom is -0.497 e. The quantitative estimate of drug-likeness (QED) is 0.507. The van der Waals surface area contributed by atoms with E-state index in [2.05, 4.69) is 0 Å². The SMILES string of the molecule is COc1cccc(C(=O)N2CCSC23CCN(C(=O)C(c2ccccc2)c2ccccc2)CC3)c1. The Morgan fingerprint density at radius 1 is 0.857 bits per heavy atom. The summed E-state index contributed by atoms with van der Waals surface area (Å²) in [6.45, 7) is 2.01. The molecule has 0 radical (unpaired) electrons. The van der Waals surface area contributed by atoms with E-state index >= 15 is 0 Å².